The number of ether oxygens (including phenoxy) is 2. The van der Waals surface area contributed by atoms with Gasteiger partial charge in [-0.2, -0.15) is 0 Å². The monoisotopic (exact) mass is 712 g/mol. The minimum absolute atomic E-state index is 0.00300. The highest BCUT2D eigenvalue weighted by atomic mass is 16.5. The Morgan fingerprint density at radius 3 is 2.58 bits per heavy atom. The molecule has 7 rings (SSSR count). The number of aromatic nitrogens is 1. The Morgan fingerprint density at radius 1 is 1.06 bits per heavy atom. The number of carbonyl (C=O) groups is 2. The SMILES string of the molecule is CCN(CC(C(=O)O[C@H]1CN2CCC1CC2)c1ccccc1)C(=O)C1C=CC(OCCCCCNC[C@H](O)c2ccc(O)c3[nH]c(=O)ccc23)=CC1. The van der Waals surface area contributed by atoms with E-state index in [1.165, 1.54) is 12.1 Å². The first-order valence-electron chi connectivity index (χ1n) is 18.8. The summed E-state index contributed by atoms with van der Waals surface area (Å²) in [5.41, 5.74) is 1.52. The fourth-order valence-corrected chi connectivity index (χ4v) is 7.61. The zero-order valence-corrected chi connectivity index (χ0v) is 30.0. The van der Waals surface area contributed by atoms with E-state index in [0.717, 1.165) is 69.6 Å². The van der Waals surface area contributed by atoms with Crippen molar-refractivity contribution < 1.29 is 29.3 Å². The summed E-state index contributed by atoms with van der Waals surface area (Å²) in [5, 5.41) is 24.7. The third-order valence-corrected chi connectivity index (χ3v) is 10.7. The van der Waals surface area contributed by atoms with E-state index in [-0.39, 0.29) is 41.8 Å². The highest BCUT2D eigenvalue weighted by Gasteiger charge is 2.38. The van der Waals surface area contributed by atoms with E-state index in [1.54, 1.807) is 17.0 Å². The van der Waals surface area contributed by atoms with Crippen molar-refractivity contribution in [1.82, 2.24) is 20.1 Å². The number of nitrogens with zero attached hydrogens (tertiary/aromatic N) is 2. The first-order chi connectivity index (χ1) is 25.3. The van der Waals surface area contributed by atoms with Crippen LogP contribution in [0.3, 0.4) is 0 Å². The van der Waals surface area contributed by atoms with Gasteiger partial charge in [0.15, 0.2) is 0 Å². The third kappa shape index (κ3) is 9.31. The smallest absolute Gasteiger partial charge is 0.315 e. The molecular weight excluding hydrogens is 660 g/mol. The summed E-state index contributed by atoms with van der Waals surface area (Å²) in [4.78, 5) is 45.8. The molecule has 11 nitrogen and oxygen atoms in total. The van der Waals surface area contributed by atoms with Gasteiger partial charge < -0.3 is 34.9 Å². The number of allylic oxidation sites excluding steroid dienone is 2. The van der Waals surface area contributed by atoms with Crippen molar-refractivity contribution in [3.63, 3.8) is 0 Å². The molecule has 2 unspecified atom stereocenters. The van der Waals surface area contributed by atoms with Crippen LogP contribution >= 0.6 is 0 Å². The Kier molecular flexibility index (Phi) is 12.8. The number of aromatic amines is 1. The molecule has 2 aromatic carbocycles. The lowest BCUT2D eigenvalue weighted by Gasteiger charge is -2.44. The normalized spacial score (nSPS) is 22.1. The maximum Gasteiger partial charge on any atom is 0.315 e. The second-order valence-corrected chi connectivity index (χ2v) is 14.2. The summed E-state index contributed by atoms with van der Waals surface area (Å²) in [7, 11) is 0. The Morgan fingerprint density at radius 2 is 1.87 bits per heavy atom. The van der Waals surface area contributed by atoms with Gasteiger partial charge in [-0.05, 0) is 106 Å². The number of piperidine rings is 3. The number of unbranched alkanes of at least 4 members (excludes halogenated alkanes) is 2. The van der Waals surface area contributed by atoms with Crippen LogP contribution in [0.5, 0.6) is 5.75 Å². The van der Waals surface area contributed by atoms with Gasteiger partial charge >= 0.3 is 5.97 Å². The number of hydrogen-bond donors (Lipinski definition) is 4. The molecule has 4 aliphatic rings. The van der Waals surface area contributed by atoms with Gasteiger partial charge in [0.1, 0.15) is 17.6 Å². The highest BCUT2D eigenvalue weighted by molar-refractivity contribution is 5.87. The molecule has 4 heterocycles. The van der Waals surface area contributed by atoms with E-state index in [0.29, 0.717) is 48.5 Å². The van der Waals surface area contributed by atoms with Crippen LogP contribution < -0.4 is 10.9 Å². The molecule has 1 aliphatic carbocycles. The standard InChI is InChI=1S/C41H52N4O7/c1-2-45(26-34(28-9-5-3-6-10-28)41(50)52-37-27-44-22-19-29(37)20-23-44)40(49)30-11-13-31(14-12-30)51-24-8-4-7-21-42-25-36(47)32-15-17-35(46)39-33(32)16-18-38(48)43-39/h3,5-6,9-11,13-18,29-30,34,36-37,42,46-47H,2,4,7-8,12,19-27H2,1H3,(H,43,48)/t30?,34?,36-,37-/m0/s1. The number of benzene rings is 2. The summed E-state index contributed by atoms with van der Waals surface area (Å²) in [6.45, 7) is 7.33. The number of H-pyrrole nitrogens is 1. The topological polar surface area (TPSA) is 144 Å². The van der Waals surface area contributed by atoms with Crippen LogP contribution in [-0.4, -0.2) is 95.4 Å². The van der Waals surface area contributed by atoms with Gasteiger partial charge in [-0.25, -0.2) is 0 Å². The van der Waals surface area contributed by atoms with Crippen LogP contribution in [-0.2, 0) is 19.1 Å². The van der Waals surface area contributed by atoms with E-state index in [1.807, 2.05) is 55.5 Å². The van der Waals surface area contributed by atoms with E-state index in [4.69, 9.17) is 9.47 Å². The maximum absolute atomic E-state index is 13.7. The number of phenols is 1. The lowest BCUT2D eigenvalue weighted by Crippen LogP contribution is -2.52. The predicted octanol–water partition coefficient (Wildman–Crippen LogP) is 4.77. The largest absolute Gasteiger partial charge is 0.506 e. The quantitative estimate of drug-likeness (QED) is 0.115. The minimum Gasteiger partial charge on any atom is -0.506 e. The molecule has 52 heavy (non-hydrogen) atoms. The Hall–Kier alpha value is -4.45. The Labute approximate surface area is 305 Å². The van der Waals surface area contributed by atoms with Crippen LogP contribution in [0.4, 0.5) is 0 Å². The van der Waals surface area contributed by atoms with Gasteiger partial charge in [-0.15, -0.1) is 0 Å². The lowest BCUT2D eigenvalue weighted by atomic mass is 9.85. The van der Waals surface area contributed by atoms with Crippen molar-refractivity contribution in [2.45, 2.75) is 63.6 Å². The molecule has 3 saturated heterocycles. The number of pyridine rings is 1. The van der Waals surface area contributed by atoms with Crippen molar-refractivity contribution in [1.29, 1.82) is 0 Å². The molecule has 278 valence electrons. The number of carbonyl (C=O) groups excluding carboxylic acids is 2. The van der Waals surface area contributed by atoms with Crippen molar-refractivity contribution in [2.24, 2.45) is 11.8 Å². The number of likely N-dealkylation sites (N-methyl/N-ethyl adjacent to an activating group) is 1. The second kappa shape index (κ2) is 17.9. The number of nitrogens with one attached hydrogen (secondary N) is 2. The van der Waals surface area contributed by atoms with Crippen LogP contribution in [0, 0.1) is 11.8 Å². The van der Waals surface area contributed by atoms with E-state index in [9.17, 15) is 24.6 Å². The van der Waals surface area contributed by atoms with Crippen molar-refractivity contribution in [3.8, 4) is 5.75 Å². The molecule has 3 aliphatic heterocycles. The molecule has 4 N–H and O–H groups in total. The molecule has 2 bridgehead atoms. The Bertz CT molecular complexity index is 1780. The first-order valence-corrected chi connectivity index (χ1v) is 18.8. The second-order valence-electron chi connectivity index (χ2n) is 14.2. The summed E-state index contributed by atoms with van der Waals surface area (Å²) in [5.74, 6) is 0.0398. The fourth-order valence-electron chi connectivity index (χ4n) is 7.61. The zero-order chi connectivity index (χ0) is 36.5. The van der Waals surface area contributed by atoms with Crippen molar-refractivity contribution in [2.75, 3.05) is 52.4 Å². The number of aromatic hydroxyl groups is 1. The van der Waals surface area contributed by atoms with Gasteiger partial charge in [0, 0.05) is 37.6 Å². The number of amides is 1. The molecule has 0 radical (unpaired) electrons. The summed E-state index contributed by atoms with van der Waals surface area (Å²) in [6.07, 6.45) is 10.3. The average Bonchev–Trinajstić information content (AvgIpc) is 3.17. The fraction of sp³-hybridized carbons (Fsp3) is 0.488. The number of aliphatic hydroxyl groups excluding tert-OH is 1. The van der Waals surface area contributed by atoms with Gasteiger partial charge in [0.25, 0.3) is 0 Å². The minimum atomic E-state index is -0.788. The van der Waals surface area contributed by atoms with E-state index in [2.05, 4.69) is 15.2 Å². The molecule has 3 aromatic rings. The zero-order valence-electron chi connectivity index (χ0n) is 30.0. The van der Waals surface area contributed by atoms with Crippen LogP contribution in [0.15, 0.2) is 83.4 Å². The van der Waals surface area contributed by atoms with E-state index < -0.39 is 12.0 Å². The van der Waals surface area contributed by atoms with Crippen LogP contribution in [0.25, 0.3) is 10.9 Å². The van der Waals surface area contributed by atoms with Crippen LogP contribution in [0.2, 0.25) is 0 Å². The number of fused-ring (bicyclic) bond motifs is 4. The molecule has 3 fully saturated rings. The summed E-state index contributed by atoms with van der Waals surface area (Å²) < 4.78 is 12.1. The molecule has 0 spiro atoms. The number of hydrogen-bond acceptors (Lipinski definition) is 9. The summed E-state index contributed by atoms with van der Waals surface area (Å²) >= 11 is 0. The van der Waals surface area contributed by atoms with Gasteiger partial charge in [0.05, 0.1) is 30.1 Å². The first kappa shape index (κ1) is 37.3. The Balaban J connectivity index is 0.908. The molecule has 11 heteroatoms. The molecule has 1 amide bonds. The molecule has 4 atom stereocenters. The number of esters is 1. The van der Waals surface area contributed by atoms with Crippen molar-refractivity contribution >= 4 is 22.8 Å². The number of phenolic OH excluding ortho intramolecular Hbond substituents is 1. The predicted molar refractivity (Wildman–Crippen MR) is 200 cm³/mol. The maximum atomic E-state index is 13.7. The highest BCUT2D eigenvalue weighted by Crippen LogP contribution is 2.32. The van der Waals surface area contributed by atoms with Gasteiger partial charge in [-0.1, -0.05) is 42.5 Å². The van der Waals surface area contributed by atoms with E-state index >= 15 is 0 Å². The summed E-state index contributed by atoms with van der Waals surface area (Å²) in [6, 6.07) is 15.8. The molecular formula is C41H52N4O7. The van der Waals surface area contributed by atoms with Gasteiger partial charge in [-0.3, -0.25) is 19.3 Å². The number of rotatable bonds is 17. The molecule has 1 aromatic heterocycles. The van der Waals surface area contributed by atoms with Crippen LogP contribution in [0.1, 0.15) is 68.6 Å². The molecule has 0 saturated carbocycles. The lowest BCUT2D eigenvalue weighted by molar-refractivity contribution is -0.161. The van der Waals surface area contributed by atoms with Crippen molar-refractivity contribution in [3.05, 3.63) is 100 Å². The number of aliphatic hydroxyl groups is 1. The average molecular weight is 713 g/mol. The third-order valence-electron chi connectivity index (χ3n) is 10.7. The van der Waals surface area contributed by atoms with Gasteiger partial charge in [0.2, 0.25) is 11.5 Å².